The van der Waals surface area contributed by atoms with Crippen LogP contribution in [0, 0.1) is 0 Å². The Hall–Kier alpha value is -4.43. The third kappa shape index (κ3) is 5.92. The number of aromatic hydroxyl groups is 1. The quantitative estimate of drug-likeness (QED) is 0.331. The fraction of sp³-hybridized carbons (Fsp3) is 0.172. The van der Waals surface area contributed by atoms with Gasteiger partial charge in [-0.25, -0.2) is 4.68 Å². The number of nitrogens with one attached hydrogen (secondary N) is 1. The molecule has 2 aromatic carbocycles. The van der Waals surface area contributed by atoms with Crippen LogP contribution in [0.4, 0.5) is 5.69 Å². The molecule has 3 heterocycles. The first-order valence-electron chi connectivity index (χ1n) is 12.3. The smallest absolute Gasteiger partial charge is 0.257 e. The number of anilines is 1. The lowest BCUT2D eigenvalue weighted by atomic mass is 9.89. The van der Waals surface area contributed by atoms with Gasteiger partial charge in [0, 0.05) is 37.2 Å². The minimum atomic E-state index is -0.277. The maximum absolute atomic E-state index is 13.0. The molecule has 0 spiro atoms. The number of hydrogen-bond donors (Lipinski definition) is 2. The van der Waals surface area contributed by atoms with E-state index in [2.05, 4.69) is 15.4 Å². The maximum atomic E-state index is 13.0. The summed E-state index contributed by atoms with van der Waals surface area (Å²) in [6.07, 6.45) is 11.5. The monoisotopic (exact) mass is 527 g/mol. The summed E-state index contributed by atoms with van der Waals surface area (Å²) in [4.78, 5) is 31.3. The average Bonchev–Trinajstić information content (AvgIpc) is 3.44. The molecule has 0 radical (unpaired) electrons. The van der Waals surface area contributed by atoms with E-state index in [0.717, 1.165) is 18.5 Å². The molecule has 0 aliphatic carbocycles. The molecule has 9 heteroatoms. The topological polar surface area (TPSA) is 100 Å². The first-order valence-corrected chi connectivity index (χ1v) is 12.7. The Kier molecular flexibility index (Phi) is 7.51. The van der Waals surface area contributed by atoms with E-state index < -0.39 is 0 Å². The zero-order valence-electron chi connectivity index (χ0n) is 20.5. The van der Waals surface area contributed by atoms with Gasteiger partial charge in [0.15, 0.2) is 0 Å². The first kappa shape index (κ1) is 25.2. The van der Waals surface area contributed by atoms with Crippen molar-refractivity contribution >= 4 is 35.2 Å². The number of phenolic OH excluding ortho intramolecular Hbond substituents is 1. The summed E-state index contributed by atoms with van der Waals surface area (Å²) >= 11 is 6.08. The Labute approximate surface area is 225 Å². The number of halogens is 1. The van der Waals surface area contributed by atoms with Crippen molar-refractivity contribution in [2.45, 2.75) is 18.8 Å². The predicted molar refractivity (Wildman–Crippen MR) is 146 cm³/mol. The number of amides is 2. The number of pyridine rings is 1. The molecule has 1 aliphatic heterocycles. The lowest BCUT2D eigenvalue weighted by Crippen LogP contribution is -2.37. The largest absolute Gasteiger partial charge is 0.508 e. The van der Waals surface area contributed by atoms with Gasteiger partial charge in [-0.05, 0) is 78.4 Å². The molecule has 8 nitrogen and oxygen atoms in total. The molecule has 0 saturated carbocycles. The number of nitrogens with zero attached hydrogens (tertiary/aromatic N) is 4. The Morgan fingerprint density at radius 3 is 2.55 bits per heavy atom. The van der Waals surface area contributed by atoms with Crippen LogP contribution in [0.2, 0.25) is 5.02 Å². The molecule has 2 N–H and O–H groups in total. The summed E-state index contributed by atoms with van der Waals surface area (Å²) in [6.45, 7) is 1.34. The molecule has 1 aliphatic rings. The van der Waals surface area contributed by atoms with Gasteiger partial charge < -0.3 is 15.3 Å². The van der Waals surface area contributed by atoms with E-state index in [-0.39, 0.29) is 17.6 Å². The summed E-state index contributed by atoms with van der Waals surface area (Å²) in [5, 5.41) is 17.0. The molecule has 0 bridgehead atoms. The van der Waals surface area contributed by atoms with Crippen LogP contribution < -0.4 is 5.32 Å². The highest BCUT2D eigenvalue weighted by Gasteiger charge is 2.25. The third-order valence-electron chi connectivity index (χ3n) is 6.57. The van der Waals surface area contributed by atoms with Gasteiger partial charge in [0.25, 0.3) is 5.91 Å². The fourth-order valence-corrected chi connectivity index (χ4v) is 4.74. The molecule has 4 aromatic rings. The Morgan fingerprint density at radius 2 is 1.84 bits per heavy atom. The third-order valence-corrected chi connectivity index (χ3v) is 6.90. The number of likely N-dealkylation sites (tertiary alicyclic amines) is 1. The zero-order chi connectivity index (χ0) is 26.5. The maximum Gasteiger partial charge on any atom is 0.257 e. The number of benzene rings is 2. The molecule has 2 amide bonds. The van der Waals surface area contributed by atoms with Gasteiger partial charge in [-0.3, -0.25) is 14.6 Å². The van der Waals surface area contributed by atoms with E-state index in [4.69, 9.17) is 11.6 Å². The van der Waals surface area contributed by atoms with Gasteiger partial charge in [-0.15, -0.1) is 0 Å². The number of aromatic nitrogens is 3. The lowest BCUT2D eigenvalue weighted by Gasteiger charge is -2.32. The summed E-state index contributed by atoms with van der Waals surface area (Å²) in [7, 11) is 0. The molecular weight excluding hydrogens is 502 g/mol. The molecule has 5 rings (SSSR count). The Morgan fingerprint density at radius 1 is 1.05 bits per heavy atom. The second kappa shape index (κ2) is 11.3. The van der Waals surface area contributed by atoms with Crippen molar-refractivity contribution in [3.63, 3.8) is 0 Å². The van der Waals surface area contributed by atoms with E-state index >= 15 is 0 Å². The molecule has 0 unspecified atom stereocenters. The molecular formula is C29H26ClN5O3. The lowest BCUT2D eigenvalue weighted by molar-refractivity contribution is -0.111. The van der Waals surface area contributed by atoms with Crippen LogP contribution in [0.25, 0.3) is 11.8 Å². The summed E-state index contributed by atoms with van der Waals surface area (Å²) in [5.74, 6) is 0.125. The minimum Gasteiger partial charge on any atom is -0.508 e. The van der Waals surface area contributed by atoms with Crippen molar-refractivity contribution in [3.05, 3.63) is 107 Å². The normalized spacial score (nSPS) is 14.1. The molecule has 1 saturated heterocycles. The van der Waals surface area contributed by atoms with Crippen LogP contribution in [0.1, 0.15) is 40.2 Å². The Balaban J connectivity index is 1.13. The summed E-state index contributed by atoms with van der Waals surface area (Å²) in [6, 6.07) is 16.1. The van der Waals surface area contributed by atoms with E-state index in [1.807, 2.05) is 41.3 Å². The van der Waals surface area contributed by atoms with Crippen LogP contribution in [-0.4, -0.2) is 49.7 Å². The first-order chi connectivity index (χ1) is 18.5. The second-order valence-electron chi connectivity index (χ2n) is 9.10. The Bertz CT molecular complexity index is 1460. The average molecular weight is 528 g/mol. The summed E-state index contributed by atoms with van der Waals surface area (Å²) < 4.78 is 1.66. The number of piperidine rings is 1. The van der Waals surface area contributed by atoms with E-state index in [1.165, 1.54) is 23.8 Å². The molecule has 2 aromatic heterocycles. The second-order valence-corrected chi connectivity index (χ2v) is 9.51. The number of hydrogen-bond acceptors (Lipinski definition) is 5. The SMILES string of the molecule is O=C(/C=C/c1ccc(O)cc1Cl)Nc1ccc(C2CCN(C(=O)c3cnn(-c4cccnc4)c3)CC2)cc1. The van der Waals surface area contributed by atoms with Crippen molar-refractivity contribution in [2.24, 2.45) is 0 Å². The van der Waals surface area contributed by atoms with Gasteiger partial charge in [0.05, 0.1) is 28.7 Å². The van der Waals surface area contributed by atoms with Crippen molar-refractivity contribution in [1.29, 1.82) is 0 Å². The number of rotatable bonds is 6. The van der Waals surface area contributed by atoms with E-state index in [0.29, 0.717) is 40.8 Å². The molecule has 0 atom stereocenters. The molecule has 38 heavy (non-hydrogen) atoms. The zero-order valence-corrected chi connectivity index (χ0v) is 21.3. The van der Waals surface area contributed by atoms with Gasteiger partial charge in [-0.1, -0.05) is 23.7 Å². The molecule has 1 fully saturated rings. The number of phenols is 1. The van der Waals surface area contributed by atoms with E-state index in [9.17, 15) is 14.7 Å². The van der Waals surface area contributed by atoms with Gasteiger partial charge in [0.1, 0.15) is 5.75 Å². The highest BCUT2D eigenvalue weighted by atomic mass is 35.5. The van der Waals surface area contributed by atoms with E-state index in [1.54, 1.807) is 41.6 Å². The molecule has 192 valence electrons. The van der Waals surface area contributed by atoms with Crippen LogP contribution in [0.15, 0.2) is 85.5 Å². The van der Waals surface area contributed by atoms with Crippen molar-refractivity contribution < 1.29 is 14.7 Å². The van der Waals surface area contributed by atoms with Crippen molar-refractivity contribution in [2.75, 3.05) is 18.4 Å². The van der Waals surface area contributed by atoms with Crippen LogP contribution >= 0.6 is 11.6 Å². The van der Waals surface area contributed by atoms with Crippen LogP contribution in [0.5, 0.6) is 5.75 Å². The van der Waals surface area contributed by atoms with Gasteiger partial charge in [0.2, 0.25) is 5.91 Å². The predicted octanol–water partition coefficient (Wildman–Crippen LogP) is 5.30. The number of carbonyl (C=O) groups excluding carboxylic acids is 2. The van der Waals surface area contributed by atoms with Gasteiger partial charge >= 0.3 is 0 Å². The van der Waals surface area contributed by atoms with Crippen LogP contribution in [0.3, 0.4) is 0 Å². The standard InChI is InChI=1S/C29H26ClN5O3/c30-27-16-26(36)9-5-22(27)6-10-28(37)33-24-7-3-20(4-8-24)21-11-14-34(15-12-21)29(38)23-17-32-35(19-23)25-2-1-13-31-18-25/h1-10,13,16-19,21,36H,11-12,14-15H2,(H,33,37)/b10-6+. The highest BCUT2D eigenvalue weighted by Crippen LogP contribution is 2.29. The van der Waals surface area contributed by atoms with Crippen LogP contribution in [-0.2, 0) is 4.79 Å². The van der Waals surface area contributed by atoms with Crippen molar-refractivity contribution in [3.8, 4) is 11.4 Å². The number of carbonyl (C=O) groups is 2. The minimum absolute atomic E-state index is 0.0155. The van der Waals surface area contributed by atoms with Gasteiger partial charge in [-0.2, -0.15) is 5.10 Å². The van der Waals surface area contributed by atoms with Crippen molar-refractivity contribution in [1.82, 2.24) is 19.7 Å². The summed E-state index contributed by atoms with van der Waals surface area (Å²) in [5.41, 5.74) is 3.89. The fourth-order valence-electron chi connectivity index (χ4n) is 4.50. The highest BCUT2D eigenvalue weighted by molar-refractivity contribution is 6.32.